The lowest BCUT2D eigenvalue weighted by Gasteiger charge is -2.28. The first-order valence-electron chi connectivity index (χ1n) is 9.56. The largest absolute Gasteiger partial charge is 0.379 e. The molecule has 0 aromatic rings. The number of hydrogen-bond donors (Lipinski definition) is 1. The summed E-state index contributed by atoms with van der Waals surface area (Å²) in [6, 6.07) is 0.262. The van der Waals surface area contributed by atoms with Crippen LogP contribution in [0.2, 0.25) is 0 Å². The highest BCUT2D eigenvalue weighted by atomic mass is 16.5. The van der Waals surface area contributed by atoms with E-state index in [-0.39, 0.29) is 11.9 Å². The van der Waals surface area contributed by atoms with Crippen LogP contribution in [0.5, 0.6) is 0 Å². The van der Waals surface area contributed by atoms with Crippen LogP contribution in [0.15, 0.2) is 0 Å². The molecule has 2 saturated heterocycles. The van der Waals surface area contributed by atoms with Crippen molar-refractivity contribution in [3.63, 3.8) is 0 Å². The minimum Gasteiger partial charge on any atom is -0.379 e. The molecule has 0 spiro atoms. The summed E-state index contributed by atoms with van der Waals surface area (Å²) in [7, 11) is 0. The minimum atomic E-state index is 0.210. The maximum absolute atomic E-state index is 12.1. The Balaban J connectivity index is 1.55. The van der Waals surface area contributed by atoms with Gasteiger partial charge in [-0.2, -0.15) is 0 Å². The Hall–Kier alpha value is -0.650. The van der Waals surface area contributed by atoms with Crippen molar-refractivity contribution in [2.75, 3.05) is 52.5 Å². The van der Waals surface area contributed by atoms with Crippen molar-refractivity contribution >= 4 is 5.91 Å². The molecule has 2 heterocycles. The Labute approximate surface area is 141 Å². The number of nitrogens with one attached hydrogen (secondary N) is 1. The fourth-order valence-electron chi connectivity index (χ4n) is 3.42. The topological polar surface area (TPSA) is 44.8 Å². The average molecular weight is 325 g/mol. The van der Waals surface area contributed by atoms with Gasteiger partial charge in [-0.05, 0) is 39.3 Å². The van der Waals surface area contributed by atoms with Gasteiger partial charge in [0.25, 0.3) is 0 Å². The lowest BCUT2D eigenvalue weighted by atomic mass is 10.1. The average Bonchev–Trinajstić information content (AvgIpc) is 2.53. The van der Waals surface area contributed by atoms with Gasteiger partial charge in [-0.1, -0.05) is 19.3 Å². The third-order valence-corrected chi connectivity index (χ3v) is 4.99. The molecule has 23 heavy (non-hydrogen) atoms. The first-order valence-corrected chi connectivity index (χ1v) is 9.56. The maximum atomic E-state index is 12.1. The van der Waals surface area contributed by atoms with Gasteiger partial charge in [0.15, 0.2) is 0 Å². The number of ether oxygens (including phenoxy) is 1. The van der Waals surface area contributed by atoms with E-state index in [1.807, 2.05) is 0 Å². The van der Waals surface area contributed by atoms with Gasteiger partial charge in [0, 0.05) is 38.6 Å². The Morgan fingerprint density at radius 1 is 0.957 bits per heavy atom. The number of likely N-dealkylation sites (tertiary alicyclic amines) is 1. The van der Waals surface area contributed by atoms with Crippen LogP contribution in [0.25, 0.3) is 0 Å². The van der Waals surface area contributed by atoms with Crippen LogP contribution in [0.4, 0.5) is 0 Å². The molecule has 2 aliphatic rings. The van der Waals surface area contributed by atoms with Crippen LogP contribution in [-0.4, -0.2) is 74.2 Å². The van der Waals surface area contributed by atoms with Gasteiger partial charge in [-0.15, -0.1) is 0 Å². The molecule has 2 rings (SSSR count). The lowest BCUT2D eigenvalue weighted by Crippen LogP contribution is -2.41. The summed E-state index contributed by atoms with van der Waals surface area (Å²) in [6.07, 6.45) is 8.32. The molecule has 0 aromatic carbocycles. The number of carbonyl (C=O) groups is 1. The molecule has 0 aliphatic carbocycles. The zero-order valence-corrected chi connectivity index (χ0v) is 14.9. The van der Waals surface area contributed by atoms with Crippen LogP contribution in [0.3, 0.4) is 0 Å². The zero-order chi connectivity index (χ0) is 16.3. The Kier molecular flexibility index (Phi) is 8.94. The van der Waals surface area contributed by atoms with Crippen LogP contribution >= 0.6 is 0 Å². The van der Waals surface area contributed by atoms with Crippen LogP contribution in [0, 0.1) is 0 Å². The predicted octanol–water partition coefficient (Wildman–Crippen LogP) is 1.87. The smallest absolute Gasteiger partial charge is 0.221 e. The molecule has 5 nitrogen and oxygen atoms in total. The first-order chi connectivity index (χ1) is 11.2. The molecule has 0 bridgehead atoms. The molecular weight excluding hydrogens is 290 g/mol. The van der Waals surface area contributed by atoms with E-state index >= 15 is 0 Å². The van der Waals surface area contributed by atoms with E-state index in [0.717, 1.165) is 45.8 Å². The second-order valence-corrected chi connectivity index (χ2v) is 7.07. The molecule has 0 saturated carbocycles. The molecule has 1 N–H and O–H groups in total. The predicted molar refractivity (Wildman–Crippen MR) is 93.6 cm³/mol. The summed E-state index contributed by atoms with van der Waals surface area (Å²) in [5.74, 6) is 0.210. The first kappa shape index (κ1) is 18.7. The van der Waals surface area contributed by atoms with E-state index < -0.39 is 0 Å². The Bertz CT molecular complexity index is 324. The monoisotopic (exact) mass is 325 g/mol. The highest BCUT2D eigenvalue weighted by molar-refractivity contribution is 5.76. The zero-order valence-electron chi connectivity index (χ0n) is 14.9. The highest BCUT2D eigenvalue weighted by Gasteiger charge is 2.14. The molecule has 2 fully saturated rings. The molecule has 2 aliphatic heterocycles. The maximum Gasteiger partial charge on any atom is 0.221 e. The van der Waals surface area contributed by atoms with Crippen LogP contribution in [-0.2, 0) is 9.53 Å². The normalized spacial score (nSPS) is 23.0. The summed E-state index contributed by atoms with van der Waals surface area (Å²) in [6.45, 7) is 10.2. The van der Waals surface area contributed by atoms with Crippen molar-refractivity contribution in [1.82, 2.24) is 15.1 Å². The molecule has 5 heteroatoms. The number of rotatable bonds is 7. The third-order valence-electron chi connectivity index (χ3n) is 4.99. The van der Waals surface area contributed by atoms with E-state index in [1.54, 1.807) is 0 Å². The van der Waals surface area contributed by atoms with Crippen molar-refractivity contribution < 1.29 is 9.53 Å². The van der Waals surface area contributed by atoms with Crippen molar-refractivity contribution in [2.45, 2.75) is 57.9 Å². The SMILES string of the molecule is CC(CCN1CCOCC1)NC(=O)CCN1CCCCCCC1. The quantitative estimate of drug-likeness (QED) is 0.776. The fourth-order valence-corrected chi connectivity index (χ4v) is 3.42. The molecule has 134 valence electrons. The Morgan fingerprint density at radius 2 is 1.57 bits per heavy atom. The summed E-state index contributed by atoms with van der Waals surface area (Å²) < 4.78 is 5.36. The molecular formula is C18H35N3O2. The van der Waals surface area contributed by atoms with E-state index in [9.17, 15) is 4.79 Å². The highest BCUT2D eigenvalue weighted by Crippen LogP contribution is 2.10. The van der Waals surface area contributed by atoms with Gasteiger partial charge >= 0.3 is 0 Å². The van der Waals surface area contributed by atoms with E-state index in [2.05, 4.69) is 22.0 Å². The van der Waals surface area contributed by atoms with Gasteiger partial charge in [-0.25, -0.2) is 0 Å². The number of nitrogens with zero attached hydrogens (tertiary/aromatic N) is 2. The Morgan fingerprint density at radius 3 is 2.26 bits per heavy atom. The second-order valence-electron chi connectivity index (χ2n) is 7.07. The van der Waals surface area contributed by atoms with Crippen molar-refractivity contribution in [1.29, 1.82) is 0 Å². The summed E-state index contributed by atoms with van der Waals surface area (Å²) in [5.41, 5.74) is 0. The lowest BCUT2D eigenvalue weighted by molar-refractivity contribution is -0.122. The van der Waals surface area contributed by atoms with Gasteiger partial charge in [0.1, 0.15) is 0 Å². The van der Waals surface area contributed by atoms with Crippen molar-refractivity contribution in [2.24, 2.45) is 0 Å². The molecule has 0 radical (unpaired) electrons. The van der Waals surface area contributed by atoms with E-state index in [4.69, 9.17) is 4.74 Å². The third kappa shape index (κ3) is 8.13. The second kappa shape index (κ2) is 11.0. The van der Waals surface area contributed by atoms with Gasteiger partial charge in [-0.3, -0.25) is 9.69 Å². The number of amides is 1. The molecule has 1 unspecified atom stereocenters. The summed E-state index contributed by atoms with van der Waals surface area (Å²) in [4.78, 5) is 17.0. The molecule has 1 atom stereocenters. The molecule has 1 amide bonds. The van der Waals surface area contributed by atoms with Crippen LogP contribution < -0.4 is 5.32 Å². The number of morpholine rings is 1. The van der Waals surface area contributed by atoms with Crippen molar-refractivity contribution in [3.05, 3.63) is 0 Å². The van der Waals surface area contributed by atoms with E-state index in [0.29, 0.717) is 6.42 Å². The number of carbonyl (C=O) groups excluding carboxylic acids is 1. The van der Waals surface area contributed by atoms with Crippen LogP contribution in [0.1, 0.15) is 51.9 Å². The minimum absolute atomic E-state index is 0.210. The standard InChI is InChI=1S/C18H35N3O2/c1-17(7-11-21-13-15-23-16-14-21)19-18(22)8-12-20-9-5-3-2-4-6-10-20/h17H,2-16H2,1H3,(H,19,22). The fraction of sp³-hybridized carbons (Fsp3) is 0.944. The molecule has 0 aromatic heterocycles. The number of hydrogen-bond acceptors (Lipinski definition) is 4. The van der Waals surface area contributed by atoms with Gasteiger partial charge < -0.3 is 15.0 Å². The van der Waals surface area contributed by atoms with Gasteiger partial charge in [0.05, 0.1) is 13.2 Å². The summed E-state index contributed by atoms with van der Waals surface area (Å²) >= 11 is 0. The van der Waals surface area contributed by atoms with E-state index in [1.165, 1.54) is 45.2 Å². The summed E-state index contributed by atoms with van der Waals surface area (Å²) in [5, 5.41) is 3.16. The van der Waals surface area contributed by atoms with Gasteiger partial charge in [0.2, 0.25) is 5.91 Å². The van der Waals surface area contributed by atoms with Crippen molar-refractivity contribution in [3.8, 4) is 0 Å².